The predicted molar refractivity (Wildman–Crippen MR) is 59.5 cm³/mol. The first-order valence-electron chi connectivity index (χ1n) is 4.89. The number of H-pyrrole nitrogens is 1. The first kappa shape index (κ1) is 9.52. The summed E-state index contributed by atoms with van der Waals surface area (Å²) in [5.41, 5.74) is 6.73. The van der Waals surface area contributed by atoms with Gasteiger partial charge in [0, 0.05) is 18.6 Å². The fourth-order valence-electron chi connectivity index (χ4n) is 1.40. The van der Waals surface area contributed by atoms with Crippen molar-refractivity contribution >= 4 is 5.69 Å². The molecule has 0 bridgehead atoms. The minimum absolute atomic E-state index is 0.273. The number of nitrogens with one attached hydrogen (secondary N) is 1. The summed E-state index contributed by atoms with van der Waals surface area (Å²) in [6, 6.07) is 3.46. The monoisotopic (exact) mass is 228 g/mol. The number of pyridine rings is 1. The summed E-state index contributed by atoms with van der Waals surface area (Å²) in [5, 5.41) is 3.80. The topological polar surface area (TPSA) is 107 Å². The molecule has 7 heteroatoms. The quantitative estimate of drug-likeness (QED) is 0.680. The Morgan fingerprint density at radius 2 is 2.18 bits per heavy atom. The second-order valence-electron chi connectivity index (χ2n) is 3.30. The number of hydrogen-bond donors (Lipinski definition) is 2. The maximum Gasteiger partial charge on any atom is 0.279 e. The third-order valence-electron chi connectivity index (χ3n) is 2.18. The van der Waals surface area contributed by atoms with Crippen LogP contribution in [0.3, 0.4) is 0 Å². The smallest absolute Gasteiger partial charge is 0.279 e. The SMILES string of the molecule is Nc1cccnc1-c1nc(-c2ncc[nH]2)no1. The Hall–Kier alpha value is -2.70. The van der Waals surface area contributed by atoms with Gasteiger partial charge in [0.05, 0.1) is 5.69 Å². The molecule has 0 aliphatic carbocycles. The third kappa shape index (κ3) is 1.63. The van der Waals surface area contributed by atoms with Gasteiger partial charge in [-0.1, -0.05) is 5.16 Å². The van der Waals surface area contributed by atoms with E-state index in [1.165, 1.54) is 0 Å². The number of nitrogens with zero attached hydrogens (tertiary/aromatic N) is 4. The van der Waals surface area contributed by atoms with Crippen LogP contribution in [0.25, 0.3) is 23.2 Å². The highest BCUT2D eigenvalue weighted by Crippen LogP contribution is 2.22. The molecular formula is C10H8N6O. The lowest BCUT2D eigenvalue weighted by molar-refractivity contribution is 0.431. The molecule has 3 heterocycles. The number of imidazole rings is 1. The van der Waals surface area contributed by atoms with Crippen molar-refractivity contribution < 1.29 is 4.52 Å². The summed E-state index contributed by atoms with van der Waals surface area (Å²) in [6.07, 6.45) is 4.91. The predicted octanol–water partition coefficient (Wildman–Crippen LogP) is 1.10. The summed E-state index contributed by atoms with van der Waals surface area (Å²) >= 11 is 0. The maximum atomic E-state index is 5.77. The van der Waals surface area contributed by atoms with Gasteiger partial charge in [-0.3, -0.25) is 0 Å². The number of hydrogen-bond acceptors (Lipinski definition) is 6. The number of nitrogen functional groups attached to an aromatic ring is 1. The van der Waals surface area contributed by atoms with Crippen molar-refractivity contribution in [2.45, 2.75) is 0 Å². The van der Waals surface area contributed by atoms with Gasteiger partial charge in [-0.25, -0.2) is 9.97 Å². The van der Waals surface area contributed by atoms with E-state index in [2.05, 4.69) is 25.1 Å². The first-order chi connectivity index (χ1) is 8.34. The maximum absolute atomic E-state index is 5.77. The van der Waals surface area contributed by atoms with Crippen LogP contribution in [0.5, 0.6) is 0 Å². The van der Waals surface area contributed by atoms with E-state index in [4.69, 9.17) is 10.3 Å². The summed E-state index contributed by atoms with van der Waals surface area (Å²) in [7, 11) is 0. The van der Waals surface area contributed by atoms with Crippen LogP contribution in [0.2, 0.25) is 0 Å². The zero-order chi connectivity index (χ0) is 11.7. The normalized spacial score (nSPS) is 10.6. The summed E-state index contributed by atoms with van der Waals surface area (Å²) in [6.45, 7) is 0. The molecule has 0 saturated carbocycles. The molecule has 0 radical (unpaired) electrons. The second kappa shape index (κ2) is 3.71. The van der Waals surface area contributed by atoms with Crippen LogP contribution in [0.4, 0.5) is 5.69 Å². The Balaban J connectivity index is 2.04. The van der Waals surface area contributed by atoms with E-state index in [0.29, 0.717) is 23.0 Å². The molecule has 0 aliphatic heterocycles. The van der Waals surface area contributed by atoms with Crippen molar-refractivity contribution in [3.05, 3.63) is 30.7 Å². The van der Waals surface area contributed by atoms with E-state index in [1.807, 2.05) is 0 Å². The van der Waals surface area contributed by atoms with E-state index in [1.54, 1.807) is 30.7 Å². The fourth-order valence-corrected chi connectivity index (χ4v) is 1.40. The molecule has 0 aromatic carbocycles. The second-order valence-corrected chi connectivity index (χ2v) is 3.30. The molecule has 3 N–H and O–H groups in total. The van der Waals surface area contributed by atoms with Gasteiger partial charge in [0.15, 0.2) is 11.5 Å². The Kier molecular flexibility index (Phi) is 2.08. The standard InChI is InChI=1S/C10H8N6O/c11-6-2-1-3-12-7(6)10-15-9(16-17-10)8-13-4-5-14-8/h1-5H,11H2,(H,13,14). The Bertz CT molecular complexity index is 630. The summed E-state index contributed by atoms with van der Waals surface area (Å²) < 4.78 is 5.09. The largest absolute Gasteiger partial charge is 0.397 e. The van der Waals surface area contributed by atoms with Crippen molar-refractivity contribution in [1.82, 2.24) is 25.1 Å². The molecule has 0 spiro atoms. The molecule has 0 atom stereocenters. The van der Waals surface area contributed by atoms with Gasteiger partial charge >= 0.3 is 0 Å². The zero-order valence-electron chi connectivity index (χ0n) is 8.66. The van der Waals surface area contributed by atoms with Gasteiger partial charge in [-0.05, 0) is 12.1 Å². The highest BCUT2D eigenvalue weighted by atomic mass is 16.5. The van der Waals surface area contributed by atoms with Crippen molar-refractivity contribution in [1.29, 1.82) is 0 Å². The van der Waals surface area contributed by atoms with Crippen LogP contribution in [0.1, 0.15) is 0 Å². The molecule has 7 nitrogen and oxygen atoms in total. The van der Waals surface area contributed by atoms with Crippen molar-refractivity contribution in [3.63, 3.8) is 0 Å². The molecular weight excluding hydrogens is 220 g/mol. The summed E-state index contributed by atoms with van der Waals surface area (Å²) in [5.74, 6) is 1.18. The van der Waals surface area contributed by atoms with E-state index in [0.717, 1.165) is 0 Å². The number of aromatic nitrogens is 5. The van der Waals surface area contributed by atoms with E-state index in [9.17, 15) is 0 Å². The van der Waals surface area contributed by atoms with Crippen LogP contribution >= 0.6 is 0 Å². The van der Waals surface area contributed by atoms with Crippen molar-refractivity contribution in [2.24, 2.45) is 0 Å². The average molecular weight is 228 g/mol. The van der Waals surface area contributed by atoms with Gasteiger partial charge in [0.25, 0.3) is 5.89 Å². The van der Waals surface area contributed by atoms with Gasteiger partial charge in [-0.2, -0.15) is 4.98 Å². The number of rotatable bonds is 2. The van der Waals surface area contributed by atoms with Gasteiger partial charge in [0.2, 0.25) is 5.82 Å². The van der Waals surface area contributed by atoms with Gasteiger partial charge in [0.1, 0.15) is 0 Å². The lowest BCUT2D eigenvalue weighted by Gasteiger charge is -1.96. The lowest BCUT2D eigenvalue weighted by Crippen LogP contribution is -1.92. The summed E-state index contributed by atoms with van der Waals surface area (Å²) in [4.78, 5) is 15.2. The van der Waals surface area contributed by atoms with E-state index in [-0.39, 0.29) is 5.89 Å². The number of aromatic amines is 1. The Labute approximate surface area is 95.7 Å². The third-order valence-corrected chi connectivity index (χ3v) is 2.18. The molecule has 0 unspecified atom stereocenters. The minimum Gasteiger partial charge on any atom is -0.397 e. The molecule has 17 heavy (non-hydrogen) atoms. The van der Waals surface area contributed by atoms with E-state index < -0.39 is 0 Å². The molecule has 0 fully saturated rings. The first-order valence-corrected chi connectivity index (χ1v) is 4.89. The van der Waals surface area contributed by atoms with Crippen LogP contribution in [0, 0.1) is 0 Å². The molecule has 3 aromatic heterocycles. The van der Waals surface area contributed by atoms with Crippen LogP contribution in [-0.2, 0) is 0 Å². The number of nitrogens with two attached hydrogens (primary N) is 1. The van der Waals surface area contributed by atoms with Crippen LogP contribution in [-0.4, -0.2) is 25.1 Å². The lowest BCUT2D eigenvalue weighted by atomic mass is 10.3. The average Bonchev–Trinajstić information content (AvgIpc) is 3.00. The van der Waals surface area contributed by atoms with Gasteiger partial charge < -0.3 is 15.2 Å². The fraction of sp³-hybridized carbons (Fsp3) is 0. The molecule has 84 valence electrons. The molecule has 0 aliphatic rings. The highest BCUT2D eigenvalue weighted by Gasteiger charge is 2.14. The molecule has 3 aromatic rings. The number of anilines is 1. The zero-order valence-corrected chi connectivity index (χ0v) is 8.66. The van der Waals surface area contributed by atoms with Crippen LogP contribution < -0.4 is 5.73 Å². The molecule has 3 rings (SSSR count). The highest BCUT2D eigenvalue weighted by molar-refractivity contribution is 5.66. The van der Waals surface area contributed by atoms with E-state index >= 15 is 0 Å². The molecule has 0 amide bonds. The minimum atomic E-state index is 0.273. The Morgan fingerprint density at radius 1 is 1.24 bits per heavy atom. The molecule has 0 saturated heterocycles. The van der Waals surface area contributed by atoms with Crippen LogP contribution in [0.15, 0.2) is 35.2 Å². The van der Waals surface area contributed by atoms with Crippen molar-refractivity contribution in [2.75, 3.05) is 5.73 Å². The van der Waals surface area contributed by atoms with Crippen molar-refractivity contribution in [3.8, 4) is 23.2 Å². The Morgan fingerprint density at radius 3 is 2.94 bits per heavy atom. The van der Waals surface area contributed by atoms with Gasteiger partial charge in [-0.15, -0.1) is 0 Å².